The van der Waals surface area contributed by atoms with Gasteiger partial charge in [-0.05, 0) is 49.1 Å². The van der Waals surface area contributed by atoms with Crippen molar-refractivity contribution < 1.29 is 9.53 Å². The van der Waals surface area contributed by atoms with Gasteiger partial charge in [0.25, 0.3) is 5.91 Å². The molecule has 4 rings (SSSR count). The maximum absolute atomic E-state index is 12.5. The van der Waals surface area contributed by atoms with Gasteiger partial charge in [-0.15, -0.1) is 0 Å². The van der Waals surface area contributed by atoms with Crippen LogP contribution < -0.4 is 15.0 Å². The molecule has 0 radical (unpaired) electrons. The quantitative estimate of drug-likeness (QED) is 0.643. The van der Waals surface area contributed by atoms with Crippen LogP contribution in [0.25, 0.3) is 0 Å². The average Bonchev–Trinajstić information content (AvgIpc) is 3.34. The Morgan fingerprint density at radius 1 is 1.10 bits per heavy atom. The molecule has 2 aromatic heterocycles. The molecule has 6 nitrogen and oxygen atoms in total. The smallest absolute Gasteiger partial charge is 0.253 e. The standard InChI is InChI=1S/C24H26N4O2/c1-18(20-7-3-2-4-8-20)30-23-10-9-21(17-26-23)24(29)27-16-19-11-12-25-22(15-19)28-13-5-6-14-28/h2-4,7-12,15,17-18H,5-6,13-14,16H2,1H3,(H,27,29)/t18-/m1/s1. The number of hydrogen-bond acceptors (Lipinski definition) is 5. The van der Waals surface area contributed by atoms with E-state index in [1.807, 2.05) is 49.4 Å². The number of ether oxygens (including phenoxy) is 1. The predicted molar refractivity (Wildman–Crippen MR) is 117 cm³/mol. The second-order valence-electron chi connectivity index (χ2n) is 7.45. The molecule has 1 amide bonds. The zero-order valence-corrected chi connectivity index (χ0v) is 17.1. The van der Waals surface area contributed by atoms with E-state index < -0.39 is 0 Å². The van der Waals surface area contributed by atoms with Crippen LogP contribution in [-0.2, 0) is 6.54 Å². The number of hydrogen-bond donors (Lipinski definition) is 1. The van der Waals surface area contributed by atoms with Gasteiger partial charge in [-0.1, -0.05) is 30.3 Å². The minimum atomic E-state index is -0.162. The van der Waals surface area contributed by atoms with Crippen molar-refractivity contribution in [1.82, 2.24) is 15.3 Å². The Bertz CT molecular complexity index is 970. The van der Waals surface area contributed by atoms with E-state index in [0.29, 0.717) is 18.0 Å². The Kier molecular flexibility index (Phi) is 6.23. The Morgan fingerprint density at radius 2 is 1.90 bits per heavy atom. The molecule has 1 fully saturated rings. The van der Waals surface area contributed by atoms with Gasteiger partial charge < -0.3 is 15.0 Å². The van der Waals surface area contributed by atoms with Crippen molar-refractivity contribution in [3.8, 4) is 5.88 Å². The largest absolute Gasteiger partial charge is 0.470 e. The number of aromatic nitrogens is 2. The molecule has 3 heterocycles. The van der Waals surface area contributed by atoms with Crippen LogP contribution in [0.3, 0.4) is 0 Å². The fourth-order valence-electron chi connectivity index (χ4n) is 3.53. The Hall–Kier alpha value is -3.41. The van der Waals surface area contributed by atoms with Crippen molar-refractivity contribution in [3.05, 3.63) is 83.7 Å². The summed E-state index contributed by atoms with van der Waals surface area (Å²) in [5, 5.41) is 2.95. The fourth-order valence-corrected chi connectivity index (χ4v) is 3.53. The van der Waals surface area contributed by atoms with Crippen molar-refractivity contribution in [2.45, 2.75) is 32.4 Å². The van der Waals surface area contributed by atoms with Crippen LogP contribution in [-0.4, -0.2) is 29.0 Å². The van der Waals surface area contributed by atoms with Crippen molar-refractivity contribution in [2.24, 2.45) is 0 Å². The average molecular weight is 402 g/mol. The molecule has 0 saturated carbocycles. The van der Waals surface area contributed by atoms with E-state index in [1.165, 1.54) is 12.8 Å². The third-order valence-corrected chi connectivity index (χ3v) is 5.26. The molecule has 1 aliphatic rings. The summed E-state index contributed by atoms with van der Waals surface area (Å²) in [5.74, 6) is 1.31. The van der Waals surface area contributed by atoms with Crippen LogP contribution >= 0.6 is 0 Å². The van der Waals surface area contributed by atoms with Gasteiger partial charge >= 0.3 is 0 Å². The van der Waals surface area contributed by atoms with Gasteiger partial charge in [-0.3, -0.25) is 4.79 Å². The zero-order valence-electron chi connectivity index (χ0n) is 17.1. The number of nitrogens with zero attached hydrogens (tertiary/aromatic N) is 3. The highest BCUT2D eigenvalue weighted by molar-refractivity contribution is 5.93. The summed E-state index contributed by atoms with van der Waals surface area (Å²) in [6.45, 7) is 4.52. The van der Waals surface area contributed by atoms with Crippen molar-refractivity contribution in [3.63, 3.8) is 0 Å². The molecule has 1 aromatic carbocycles. The molecule has 0 spiro atoms. The Labute approximate surface area is 176 Å². The maximum atomic E-state index is 12.5. The molecule has 154 valence electrons. The molecule has 1 saturated heterocycles. The third-order valence-electron chi connectivity index (χ3n) is 5.26. The number of anilines is 1. The topological polar surface area (TPSA) is 67.3 Å². The first-order chi connectivity index (χ1) is 14.7. The van der Waals surface area contributed by atoms with Gasteiger partial charge in [0, 0.05) is 38.1 Å². The van der Waals surface area contributed by atoms with E-state index in [4.69, 9.17) is 4.74 Å². The molecule has 3 aromatic rings. The number of rotatable bonds is 7. The molecule has 1 aliphatic heterocycles. The summed E-state index contributed by atoms with van der Waals surface area (Å²) >= 11 is 0. The van der Waals surface area contributed by atoms with Crippen LogP contribution in [0.15, 0.2) is 67.0 Å². The molecule has 1 N–H and O–H groups in total. The zero-order chi connectivity index (χ0) is 20.8. The fraction of sp³-hybridized carbons (Fsp3) is 0.292. The normalized spacial score (nSPS) is 14.4. The second-order valence-corrected chi connectivity index (χ2v) is 7.45. The van der Waals surface area contributed by atoms with E-state index in [0.717, 1.165) is 30.0 Å². The Balaban J connectivity index is 1.32. The van der Waals surface area contributed by atoms with Crippen LogP contribution in [0, 0.1) is 0 Å². The SMILES string of the molecule is C[C@@H](Oc1ccc(C(=O)NCc2ccnc(N3CCCC3)c2)cn1)c1ccccc1. The summed E-state index contributed by atoms with van der Waals surface area (Å²) in [6.07, 6.45) is 5.65. The highest BCUT2D eigenvalue weighted by Gasteiger charge is 2.14. The lowest BCUT2D eigenvalue weighted by molar-refractivity contribution is 0.0950. The molecule has 0 bridgehead atoms. The first kappa shape index (κ1) is 19.9. The van der Waals surface area contributed by atoms with Gasteiger partial charge in [0.1, 0.15) is 11.9 Å². The van der Waals surface area contributed by atoms with Gasteiger partial charge in [0.05, 0.1) is 5.56 Å². The van der Waals surface area contributed by atoms with Crippen LogP contribution in [0.4, 0.5) is 5.82 Å². The second kappa shape index (κ2) is 9.39. The molecule has 6 heteroatoms. The lowest BCUT2D eigenvalue weighted by atomic mass is 10.1. The minimum Gasteiger partial charge on any atom is -0.470 e. The molecule has 0 unspecified atom stereocenters. The molecule has 0 aliphatic carbocycles. The third kappa shape index (κ3) is 4.95. The van der Waals surface area contributed by atoms with Crippen molar-refractivity contribution >= 4 is 11.7 Å². The summed E-state index contributed by atoms with van der Waals surface area (Å²) in [6, 6.07) is 17.4. The minimum absolute atomic E-state index is 0.116. The summed E-state index contributed by atoms with van der Waals surface area (Å²) in [4.78, 5) is 23.5. The number of amides is 1. The van der Waals surface area contributed by atoms with Gasteiger partial charge in [-0.25, -0.2) is 9.97 Å². The number of nitrogens with one attached hydrogen (secondary N) is 1. The van der Waals surface area contributed by atoms with Gasteiger partial charge in [0.15, 0.2) is 0 Å². The van der Waals surface area contributed by atoms with Crippen molar-refractivity contribution in [2.75, 3.05) is 18.0 Å². The van der Waals surface area contributed by atoms with E-state index in [2.05, 4.69) is 20.2 Å². The Morgan fingerprint density at radius 3 is 2.63 bits per heavy atom. The van der Waals surface area contributed by atoms with Crippen LogP contribution in [0.2, 0.25) is 0 Å². The molecular formula is C24H26N4O2. The van der Waals surface area contributed by atoms with Crippen molar-refractivity contribution in [1.29, 1.82) is 0 Å². The lowest BCUT2D eigenvalue weighted by Crippen LogP contribution is -2.23. The highest BCUT2D eigenvalue weighted by atomic mass is 16.5. The predicted octanol–water partition coefficient (Wildman–Crippen LogP) is 4.15. The number of carbonyl (C=O) groups excluding carboxylic acids is 1. The molecule has 30 heavy (non-hydrogen) atoms. The van der Waals surface area contributed by atoms with Gasteiger partial charge in [-0.2, -0.15) is 0 Å². The van der Waals surface area contributed by atoms with E-state index >= 15 is 0 Å². The van der Waals surface area contributed by atoms with E-state index in [-0.39, 0.29) is 12.0 Å². The molecular weight excluding hydrogens is 376 g/mol. The van der Waals surface area contributed by atoms with E-state index in [1.54, 1.807) is 24.5 Å². The van der Waals surface area contributed by atoms with Gasteiger partial charge in [0.2, 0.25) is 5.88 Å². The first-order valence-electron chi connectivity index (χ1n) is 10.3. The lowest BCUT2D eigenvalue weighted by Gasteiger charge is -2.17. The monoisotopic (exact) mass is 402 g/mol. The van der Waals surface area contributed by atoms with E-state index in [9.17, 15) is 4.79 Å². The number of carbonyl (C=O) groups is 1. The number of benzene rings is 1. The summed E-state index contributed by atoms with van der Waals surface area (Å²) in [7, 11) is 0. The highest BCUT2D eigenvalue weighted by Crippen LogP contribution is 2.20. The summed E-state index contributed by atoms with van der Waals surface area (Å²) in [5.41, 5.74) is 2.61. The first-order valence-corrected chi connectivity index (χ1v) is 10.3. The number of pyridine rings is 2. The van der Waals surface area contributed by atoms with Crippen LogP contribution in [0.1, 0.15) is 47.4 Å². The van der Waals surface area contributed by atoms with Crippen LogP contribution in [0.5, 0.6) is 5.88 Å². The molecule has 1 atom stereocenters. The maximum Gasteiger partial charge on any atom is 0.253 e. The summed E-state index contributed by atoms with van der Waals surface area (Å²) < 4.78 is 5.87.